The van der Waals surface area contributed by atoms with Gasteiger partial charge in [-0.2, -0.15) is 0 Å². The maximum absolute atomic E-state index is 13.4. The molecule has 0 spiro atoms. The lowest BCUT2D eigenvalue weighted by Crippen LogP contribution is -2.52. The van der Waals surface area contributed by atoms with Crippen molar-refractivity contribution in [2.45, 2.75) is 57.6 Å². The largest absolute Gasteiger partial charge is 0.465 e. The Kier molecular flexibility index (Phi) is 5.47. The summed E-state index contributed by atoms with van der Waals surface area (Å²) in [5.74, 6) is 0.253. The Morgan fingerprint density at radius 3 is 2.33 bits per heavy atom. The number of carbonyl (C=O) groups excluding carboxylic acids is 1. The minimum atomic E-state index is -1.03. The monoisotopic (exact) mass is 374 g/mol. The highest BCUT2D eigenvalue weighted by Gasteiger charge is 2.50. The van der Waals surface area contributed by atoms with Gasteiger partial charge in [-0.15, -0.1) is 0 Å². The molecule has 1 aliphatic carbocycles. The van der Waals surface area contributed by atoms with Crippen LogP contribution in [0.5, 0.6) is 0 Å². The number of amides is 2. The van der Waals surface area contributed by atoms with Crippen molar-refractivity contribution < 1.29 is 19.8 Å². The Balaban J connectivity index is 1.69. The fourth-order valence-corrected chi connectivity index (χ4v) is 4.77. The first-order valence-electron chi connectivity index (χ1n) is 9.83. The van der Waals surface area contributed by atoms with Crippen LogP contribution in [0.25, 0.3) is 0 Å². The van der Waals surface area contributed by atoms with E-state index in [9.17, 15) is 14.7 Å². The molecule has 0 aromatic heterocycles. The number of likely N-dealkylation sites (tertiary alicyclic amines) is 1. The average Bonchev–Trinajstić information content (AvgIpc) is 3.07. The van der Waals surface area contributed by atoms with Crippen molar-refractivity contribution in [3.8, 4) is 0 Å². The molecule has 6 nitrogen and oxygen atoms in total. The molecule has 0 bridgehead atoms. The maximum Gasteiger partial charge on any atom is 0.404 e. The first kappa shape index (κ1) is 19.7. The van der Waals surface area contributed by atoms with Gasteiger partial charge in [0.25, 0.3) is 0 Å². The molecular formula is C21H30N2O4. The number of hydrogen-bond acceptors (Lipinski definition) is 3. The summed E-state index contributed by atoms with van der Waals surface area (Å²) in [6.45, 7) is 5.14. The number of benzene rings is 1. The summed E-state index contributed by atoms with van der Waals surface area (Å²) in [5, 5.41) is 22.6. The molecule has 0 unspecified atom stereocenters. The third-order valence-corrected chi connectivity index (χ3v) is 6.60. The fraction of sp³-hybridized carbons (Fsp3) is 0.619. The highest BCUT2D eigenvalue weighted by Crippen LogP contribution is 2.47. The van der Waals surface area contributed by atoms with Crippen LogP contribution < -0.4 is 5.32 Å². The zero-order valence-corrected chi connectivity index (χ0v) is 16.1. The van der Waals surface area contributed by atoms with Crippen molar-refractivity contribution >= 4 is 12.0 Å². The molecule has 1 aliphatic heterocycles. The Morgan fingerprint density at radius 2 is 1.78 bits per heavy atom. The molecular weight excluding hydrogens is 344 g/mol. The highest BCUT2D eigenvalue weighted by molar-refractivity contribution is 5.84. The van der Waals surface area contributed by atoms with Crippen LogP contribution >= 0.6 is 0 Å². The van der Waals surface area contributed by atoms with Gasteiger partial charge in [0.15, 0.2) is 0 Å². The first-order valence-corrected chi connectivity index (χ1v) is 9.83. The van der Waals surface area contributed by atoms with Gasteiger partial charge in [0.1, 0.15) is 0 Å². The fourth-order valence-electron chi connectivity index (χ4n) is 4.77. The van der Waals surface area contributed by atoms with E-state index in [4.69, 9.17) is 5.11 Å². The van der Waals surface area contributed by atoms with Crippen LogP contribution in [0.3, 0.4) is 0 Å². The van der Waals surface area contributed by atoms with Gasteiger partial charge in [-0.25, -0.2) is 4.79 Å². The minimum absolute atomic E-state index is 0.113. The first-order chi connectivity index (χ1) is 12.8. The van der Waals surface area contributed by atoms with Crippen molar-refractivity contribution in [2.24, 2.45) is 11.3 Å². The Morgan fingerprint density at radius 1 is 1.15 bits per heavy atom. The predicted octanol–water partition coefficient (Wildman–Crippen LogP) is 2.96. The van der Waals surface area contributed by atoms with E-state index < -0.39 is 17.1 Å². The number of carbonyl (C=O) groups is 2. The summed E-state index contributed by atoms with van der Waals surface area (Å²) in [5.41, 5.74) is -0.496. The van der Waals surface area contributed by atoms with Crippen LogP contribution in [0, 0.1) is 11.3 Å². The predicted molar refractivity (Wildman–Crippen MR) is 102 cm³/mol. The molecule has 2 amide bonds. The molecule has 1 heterocycles. The van der Waals surface area contributed by atoms with Crippen molar-refractivity contribution in [2.75, 3.05) is 13.1 Å². The zero-order chi connectivity index (χ0) is 19.7. The minimum Gasteiger partial charge on any atom is -0.465 e. The molecule has 0 radical (unpaired) electrons. The molecule has 1 aromatic carbocycles. The number of rotatable bonds is 4. The molecule has 1 saturated carbocycles. The van der Waals surface area contributed by atoms with Crippen LogP contribution in [0.1, 0.15) is 51.5 Å². The molecule has 3 N–H and O–H groups in total. The normalized spacial score (nSPS) is 27.6. The number of nitrogens with zero attached hydrogens (tertiary/aromatic N) is 1. The lowest BCUT2D eigenvalue weighted by Gasteiger charge is -2.43. The van der Waals surface area contributed by atoms with E-state index >= 15 is 0 Å². The third kappa shape index (κ3) is 3.81. The quantitative estimate of drug-likeness (QED) is 0.756. The average molecular weight is 374 g/mol. The van der Waals surface area contributed by atoms with Crippen molar-refractivity contribution in [3.05, 3.63) is 35.9 Å². The van der Waals surface area contributed by atoms with Crippen molar-refractivity contribution in [1.29, 1.82) is 0 Å². The van der Waals surface area contributed by atoms with E-state index in [1.165, 1.54) is 0 Å². The van der Waals surface area contributed by atoms with E-state index in [-0.39, 0.29) is 17.9 Å². The number of carboxylic acid groups (broad SMARTS) is 1. The Hall–Kier alpha value is -2.08. The summed E-state index contributed by atoms with van der Waals surface area (Å²) in [7, 11) is 0. The summed E-state index contributed by atoms with van der Waals surface area (Å²) in [6.07, 6.45) is 1.96. The summed E-state index contributed by atoms with van der Waals surface area (Å²) in [4.78, 5) is 26.3. The van der Waals surface area contributed by atoms with Crippen LogP contribution in [-0.4, -0.2) is 46.2 Å². The molecule has 1 saturated heterocycles. The zero-order valence-electron chi connectivity index (χ0n) is 16.1. The van der Waals surface area contributed by atoms with Gasteiger partial charge in [-0.05, 0) is 43.6 Å². The van der Waals surface area contributed by atoms with Gasteiger partial charge in [0, 0.05) is 19.1 Å². The number of piperidine rings is 1. The van der Waals surface area contributed by atoms with Gasteiger partial charge in [-0.1, -0.05) is 44.2 Å². The molecule has 2 fully saturated rings. The molecule has 2 aliphatic rings. The molecule has 6 heteroatoms. The van der Waals surface area contributed by atoms with Crippen LogP contribution in [0.15, 0.2) is 30.3 Å². The summed E-state index contributed by atoms with van der Waals surface area (Å²) < 4.78 is 0. The van der Waals surface area contributed by atoms with E-state index in [0.717, 1.165) is 5.56 Å². The van der Waals surface area contributed by atoms with Gasteiger partial charge in [0.2, 0.25) is 5.91 Å². The Labute approximate surface area is 160 Å². The smallest absolute Gasteiger partial charge is 0.404 e. The van der Waals surface area contributed by atoms with Gasteiger partial charge < -0.3 is 20.4 Å². The molecule has 148 valence electrons. The van der Waals surface area contributed by atoms with Crippen LogP contribution in [-0.2, 0) is 10.4 Å². The standard InChI is InChI=1S/C21H30N2O4/c1-15(2)20(9-8-17(14-20)22-19(25)26)18(24)23-12-10-21(27,11-13-23)16-6-4-3-5-7-16/h3-7,15,17,22,27H,8-14H2,1-2H3,(H,25,26)/t17-,20+/m1/s1. The molecule has 1 aromatic rings. The van der Waals surface area contributed by atoms with E-state index in [2.05, 4.69) is 5.32 Å². The SMILES string of the molecule is CC(C)[C@]1(C(=O)N2CCC(O)(c3ccccc3)CC2)CC[C@@H](NC(=O)O)C1. The van der Waals surface area contributed by atoms with Crippen molar-refractivity contribution in [1.82, 2.24) is 10.2 Å². The summed E-state index contributed by atoms with van der Waals surface area (Å²) >= 11 is 0. The second kappa shape index (κ2) is 7.50. The van der Waals surface area contributed by atoms with Crippen LogP contribution in [0.2, 0.25) is 0 Å². The third-order valence-electron chi connectivity index (χ3n) is 6.60. The van der Waals surface area contributed by atoms with Gasteiger partial charge >= 0.3 is 6.09 Å². The van der Waals surface area contributed by atoms with E-state index in [1.54, 1.807) is 0 Å². The summed E-state index contributed by atoms with van der Waals surface area (Å²) in [6, 6.07) is 9.48. The highest BCUT2D eigenvalue weighted by atomic mass is 16.4. The lowest BCUT2D eigenvalue weighted by molar-refractivity contribution is -0.149. The van der Waals surface area contributed by atoms with E-state index in [1.807, 2.05) is 49.1 Å². The maximum atomic E-state index is 13.4. The topological polar surface area (TPSA) is 89.9 Å². The number of hydrogen-bond donors (Lipinski definition) is 3. The Bertz CT molecular complexity index is 683. The molecule has 3 rings (SSSR count). The number of nitrogens with one attached hydrogen (secondary N) is 1. The second-order valence-electron chi connectivity index (χ2n) is 8.39. The molecule has 27 heavy (non-hydrogen) atoms. The van der Waals surface area contributed by atoms with Crippen molar-refractivity contribution in [3.63, 3.8) is 0 Å². The lowest BCUT2D eigenvalue weighted by atomic mass is 9.73. The van der Waals surface area contributed by atoms with E-state index in [0.29, 0.717) is 45.2 Å². The van der Waals surface area contributed by atoms with Gasteiger partial charge in [-0.3, -0.25) is 4.79 Å². The van der Waals surface area contributed by atoms with Gasteiger partial charge in [0.05, 0.1) is 11.0 Å². The second-order valence-corrected chi connectivity index (χ2v) is 8.39. The number of aliphatic hydroxyl groups is 1. The molecule has 2 atom stereocenters. The van der Waals surface area contributed by atoms with Crippen LogP contribution in [0.4, 0.5) is 4.79 Å².